The predicted molar refractivity (Wildman–Crippen MR) is 96.5 cm³/mol. The number of alkyl halides is 3. The molecule has 3 aromatic heterocycles. The van der Waals surface area contributed by atoms with E-state index in [0.29, 0.717) is 17.9 Å². The highest BCUT2D eigenvalue weighted by Crippen LogP contribution is 2.35. The van der Waals surface area contributed by atoms with Gasteiger partial charge in [-0.3, -0.25) is 9.78 Å². The molecule has 0 saturated carbocycles. The molecule has 1 aliphatic rings. The van der Waals surface area contributed by atoms with Gasteiger partial charge in [0.1, 0.15) is 11.4 Å². The lowest BCUT2D eigenvalue weighted by Gasteiger charge is -2.13. The average molecular weight is 392 g/mol. The van der Waals surface area contributed by atoms with Crippen LogP contribution in [0.25, 0.3) is 0 Å². The number of hydrogen-bond acceptors (Lipinski definition) is 6. The summed E-state index contributed by atoms with van der Waals surface area (Å²) >= 11 is 0. The van der Waals surface area contributed by atoms with Crippen LogP contribution in [0.5, 0.6) is 0 Å². The van der Waals surface area contributed by atoms with E-state index < -0.39 is 11.7 Å². The molecule has 0 aliphatic heterocycles. The molecular formula is C17H19F3N8. The number of halogens is 3. The molecule has 0 spiro atoms. The SMILES string of the molecule is CCNc1nc(Nc2cn(C3CCc4cn[nH]c43)nc2C)ncc1C(F)(F)F. The van der Waals surface area contributed by atoms with Gasteiger partial charge < -0.3 is 10.6 Å². The third-order valence-electron chi connectivity index (χ3n) is 4.69. The molecule has 0 amide bonds. The fourth-order valence-corrected chi connectivity index (χ4v) is 3.35. The van der Waals surface area contributed by atoms with E-state index in [-0.39, 0.29) is 17.8 Å². The Bertz CT molecular complexity index is 991. The first-order chi connectivity index (χ1) is 13.4. The van der Waals surface area contributed by atoms with E-state index >= 15 is 0 Å². The Balaban J connectivity index is 1.60. The lowest BCUT2D eigenvalue weighted by Crippen LogP contribution is -2.14. The van der Waals surface area contributed by atoms with Gasteiger partial charge in [0.25, 0.3) is 0 Å². The van der Waals surface area contributed by atoms with Gasteiger partial charge >= 0.3 is 6.18 Å². The monoisotopic (exact) mass is 392 g/mol. The summed E-state index contributed by atoms with van der Waals surface area (Å²) in [5, 5.41) is 17.2. The fraction of sp³-hybridized carbons (Fsp3) is 0.412. The van der Waals surface area contributed by atoms with Crippen molar-refractivity contribution in [1.82, 2.24) is 29.9 Å². The summed E-state index contributed by atoms with van der Waals surface area (Å²) in [6.45, 7) is 3.83. The molecule has 1 unspecified atom stereocenters. The van der Waals surface area contributed by atoms with Gasteiger partial charge in [-0.05, 0) is 32.3 Å². The van der Waals surface area contributed by atoms with Gasteiger partial charge in [-0.2, -0.15) is 28.4 Å². The molecule has 0 fully saturated rings. The highest BCUT2D eigenvalue weighted by Gasteiger charge is 2.35. The van der Waals surface area contributed by atoms with Gasteiger partial charge in [-0.25, -0.2) is 4.98 Å². The molecule has 28 heavy (non-hydrogen) atoms. The quantitative estimate of drug-likeness (QED) is 0.616. The maximum atomic E-state index is 13.1. The van der Waals surface area contributed by atoms with Crippen LogP contribution in [-0.2, 0) is 12.6 Å². The molecule has 0 radical (unpaired) electrons. The van der Waals surface area contributed by atoms with Crippen molar-refractivity contribution in [2.75, 3.05) is 17.2 Å². The Morgan fingerprint density at radius 3 is 2.89 bits per heavy atom. The van der Waals surface area contributed by atoms with Crippen LogP contribution in [0, 0.1) is 6.92 Å². The molecule has 8 nitrogen and oxygen atoms in total. The zero-order valence-corrected chi connectivity index (χ0v) is 15.3. The third-order valence-corrected chi connectivity index (χ3v) is 4.69. The zero-order valence-electron chi connectivity index (χ0n) is 15.3. The maximum absolute atomic E-state index is 13.1. The number of nitrogens with zero attached hydrogens (tertiary/aromatic N) is 5. The van der Waals surface area contributed by atoms with E-state index in [1.54, 1.807) is 6.92 Å². The van der Waals surface area contributed by atoms with Crippen LogP contribution in [0.4, 0.5) is 30.6 Å². The van der Waals surface area contributed by atoms with Crippen LogP contribution in [0.1, 0.15) is 41.9 Å². The fourth-order valence-electron chi connectivity index (χ4n) is 3.35. The second kappa shape index (κ2) is 6.80. The second-order valence-electron chi connectivity index (χ2n) is 6.58. The van der Waals surface area contributed by atoms with Gasteiger partial charge in [0.05, 0.1) is 29.3 Å². The minimum atomic E-state index is -4.53. The number of fused-ring (bicyclic) bond motifs is 1. The van der Waals surface area contributed by atoms with E-state index in [0.717, 1.165) is 24.7 Å². The molecule has 148 valence electrons. The average Bonchev–Trinajstić information content (AvgIpc) is 3.31. The highest BCUT2D eigenvalue weighted by molar-refractivity contribution is 5.58. The largest absolute Gasteiger partial charge is 0.421 e. The lowest BCUT2D eigenvalue weighted by atomic mass is 10.2. The van der Waals surface area contributed by atoms with Crippen molar-refractivity contribution in [1.29, 1.82) is 0 Å². The van der Waals surface area contributed by atoms with Crippen molar-refractivity contribution in [2.24, 2.45) is 0 Å². The predicted octanol–water partition coefficient (Wildman–Crippen LogP) is 3.43. The number of nitrogens with one attached hydrogen (secondary N) is 3. The van der Waals surface area contributed by atoms with Crippen LogP contribution in [0.3, 0.4) is 0 Å². The molecule has 1 atom stereocenters. The molecule has 0 bridgehead atoms. The molecule has 3 N–H and O–H groups in total. The van der Waals surface area contributed by atoms with Crippen molar-refractivity contribution >= 4 is 17.5 Å². The summed E-state index contributed by atoms with van der Waals surface area (Å²) in [4.78, 5) is 7.82. The minimum absolute atomic E-state index is 0.0533. The van der Waals surface area contributed by atoms with Gasteiger partial charge in [-0.1, -0.05) is 0 Å². The van der Waals surface area contributed by atoms with Gasteiger partial charge in [0.2, 0.25) is 5.95 Å². The summed E-state index contributed by atoms with van der Waals surface area (Å²) in [5.41, 5.74) is 2.64. The van der Waals surface area contributed by atoms with E-state index in [1.807, 2.05) is 24.0 Å². The molecular weight excluding hydrogens is 373 g/mol. The summed E-state index contributed by atoms with van der Waals surface area (Å²) < 4.78 is 41.1. The molecule has 11 heteroatoms. The number of H-pyrrole nitrogens is 1. The van der Waals surface area contributed by atoms with Crippen LogP contribution in [-0.4, -0.2) is 36.5 Å². The highest BCUT2D eigenvalue weighted by atomic mass is 19.4. The number of rotatable bonds is 5. The van der Waals surface area contributed by atoms with Crippen molar-refractivity contribution in [3.05, 3.63) is 41.1 Å². The Morgan fingerprint density at radius 2 is 2.14 bits per heavy atom. The van der Waals surface area contributed by atoms with Crippen molar-refractivity contribution < 1.29 is 13.2 Å². The Hall–Kier alpha value is -3.11. The number of anilines is 3. The number of hydrogen-bond donors (Lipinski definition) is 3. The summed E-state index contributed by atoms with van der Waals surface area (Å²) in [5.74, 6) is -0.185. The molecule has 3 heterocycles. The van der Waals surface area contributed by atoms with Crippen LogP contribution < -0.4 is 10.6 Å². The Labute approximate surface area is 158 Å². The third kappa shape index (κ3) is 3.27. The van der Waals surface area contributed by atoms with Crippen molar-refractivity contribution in [2.45, 2.75) is 38.9 Å². The van der Waals surface area contributed by atoms with E-state index in [9.17, 15) is 13.2 Å². The smallest absolute Gasteiger partial charge is 0.370 e. The van der Waals surface area contributed by atoms with Crippen LogP contribution in [0.2, 0.25) is 0 Å². The van der Waals surface area contributed by atoms with Crippen molar-refractivity contribution in [3.8, 4) is 0 Å². The topological polar surface area (TPSA) is 96.3 Å². The molecule has 0 aromatic carbocycles. The van der Waals surface area contributed by atoms with E-state index in [2.05, 4.69) is 35.9 Å². The first-order valence-electron chi connectivity index (χ1n) is 8.89. The number of aryl methyl sites for hydroxylation is 2. The Morgan fingerprint density at radius 1 is 1.32 bits per heavy atom. The summed E-state index contributed by atoms with van der Waals surface area (Å²) in [6.07, 6.45) is 1.72. The zero-order chi connectivity index (χ0) is 19.9. The van der Waals surface area contributed by atoms with Crippen LogP contribution in [0.15, 0.2) is 18.6 Å². The molecule has 3 aromatic rings. The summed E-state index contributed by atoms with van der Waals surface area (Å²) in [6, 6.07) is 0.0533. The van der Waals surface area contributed by atoms with Gasteiger partial charge in [0.15, 0.2) is 0 Å². The van der Waals surface area contributed by atoms with Gasteiger partial charge in [-0.15, -0.1) is 0 Å². The molecule has 1 aliphatic carbocycles. The lowest BCUT2D eigenvalue weighted by molar-refractivity contribution is -0.137. The number of aromatic nitrogens is 6. The molecule has 4 rings (SSSR count). The normalized spacial score (nSPS) is 16.2. The van der Waals surface area contributed by atoms with E-state index in [4.69, 9.17) is 0 Å². The minimum Gasteiger partial charge on any atom is -0.370 e. The van der Waals surface area contributed by atoms with Crippen LogP contribution >= 0.6 is 0 Å². The number of aromatic amines is 1. The molecule has 0 saturated heterocycles. The standard InChI is InChI=1S/C17H19F3N8/c1-3-21-15-11(17(18,19)20)7-22-16(25-15)24-12-8-28(27-9(12)2)13-5-4-10-6-23-26-14(10)13/h6-8,13H,3-5H2,1-2H3,(H,23,26)(H2,21,22,24,25). The second-order valence-corrected chi connectivity index (χ2v) is 6.58. The van der Waals surface area contributed by atoms with E-state index in [1.165, 1.54) is 5.56 Å². The van der Waals surface area contributed by atoms with Gasteiger partial charge in [0, 0.05) is 18.9 Å². The Kier molecular flexibility index (Phi) is 4.44. The first-order valence-corrected chi connectivity index (χ1v) is 8.89. The van der Waals surface area contributed by atoms with Crippen molar-refractivity contribution in [3.63, 3.8) is 0 Å². The summed E-state index contributed by atoms with van der Waals surface area (Å²) in [7, 11) is 0. The maximum Gasteiger partial charge on any atom is 0.421 e. The first kappa shape index (κ1) is 18.3.